The molecule has 0 unspecified atom stereocenters. The van der Waals surface area contributed by atoms with Crippen LogP contribution in [0.2, 0.25) is 0 Å². The van der Waals surface area contributed by atoms with Crippen molar-refractivity contribution in [3.8, 4) is 5.75 Å². The molecule has 0 saturated heterocycles. The Balaban J connectivity index is 2.32. The maximum absolute atomic E-state index is 8.54. The highest BCUT2D eigenvalue weighted by Gasteiger charge is 1.99. The van der Waals surface area contributed by atoms with Gasteiger partial charge in [0.2, 0.25) is 0 Å². The van der Waals surface area contributed by atoms with Gasteiger partial charge in [-0.25, -0.2) is 4.98 Å². The van der Waals surface area contributed by atoms with E-state index in [4.69, 9.17) is 9.84 Å². The Morgan fingerprint density at radius 1 is 1.46 bits per heavy atom. The number of nitrogens with zero attached hydrogens (tertiary/aromatic N) is 1. The van der Waals surface area contributed by atoms with Crippen molar-refractivity contribution in [2.24, 2.45) is 0 Å². The maximum Gasteiger partial charge on any atom is 0.152 e. The zero-order valence-electron chi connectivity index (χ0n) is 7.24. The summed E-state index contributed by atoms with van der Waals surface area (Å²) in [6.45, 7) is 0.836. The van der Waals surface area contributed by atoms with Gasteiger partial charge >= 0.3 is 0 Å². The van der Waals surface area contributed by atoms with E-state index in [1.54, 1.807) is 6.20 Å². The van der Waals surface area contributed by atoms with Gasteiger partial charge in [0.05, 0.1) is 6.61 Å². The Labute approximate surface area is 85.9 Å². The molecule has 0 aliphatic rings. The van der Waals surface area contributed by atoms with Crippen molar-refractivity contribution in [3.63, 3.8) is 0 Å². The van der Waals surface area contributed by atoms with E-state index in [1.165, 1.54) is 0 Å². The molecular weight excluding hydrogens is 234 g/mol. The molecule has 72 valence electrons. The first-order valence-corrected chi connectivity index (χ1v) is 4.98. The molecule has 0 radical (unpaired) electrons. The Kier molecular flexibility index (Phi) is 4.78. The lowest BCUT2D eigenvalue weighted by atomic mass is 10.3. The average molecular weight is 246 g/mol. The fourth-order valence-corrected chi connectivity index (χ4v) is 1.24. The molecule has 0 fully saturated rings. The molecule has 1 N–H and O–H groups in total. The topological polar surface area (TPSA) is 42.4 Å². The molecule has 0 spiro atoms. The fraction of sp³-hybridized carbons (Fsp3) is 0.444. The third-order valence-corrected chi connectivity index (χ3v) is 2.13. The molecule has 4 heteroatoms. The van der Waals surface area contributed by atoms with Gasteiger partial charge in [-0.2, -0.15) is 0 Å². The second kappa shape index (κ2) is 5.94. The number of aliphatic hydroxyl groups excluding tert-OH is 1. The monoisotopic (exact) mass is 245 g/mol. The predicted octanol–water partition coefficient (Wildman–Crippen LogP) is 2.00. The van der Waals surface area contributed by atoms with Gasteiger partial charge in [0.15, 0.2) is 5.75 Å². The quantitative estimate of drug-likeness (QED) is 0.638. The Morgan fingerprint density at radius 3 is 3.00 bits per heavy atom. The van der Waals surface area contributed by atoms with Crippen molar-refractivity contribution in [1.82, 2.24) is 4.98 Å². The van der Waals surface area contributed by atoms with Gasteiger partial charge in [0, 0.05) is 12.8 Å². The van der Waals surface area contributed by atoms with Crippen molar-refractivity contribution in [2.45, 2.75) is 12.8 Å². The molecular formula is C9H12BrNO2. The van der Waals surface area contributed by atoms with Gasteiger partial charge in [0.1, 0.15) is 4.60 Å². The Morgan fingerprint density at radius 2 is 2.31 bits per heavy atom. The van der Waals surface area contributed by atoms with E-state index in [0.717, 1.165) is 23.2 Å². The summed E-state index contributed by atoms with van der Waals surface area (Å²) in [6.07, 6.45) is 3.33. The molecule has 0 aromatic carbocycles. The highest BCUT2D eigenvalue weighted by atomic mass is 79.9. The number of rotatable bonds is 5. The number of aromatic nitrogens is 1. The van der Waals surface area contributed by atoms with E-state index in [1.807, 2.05) is 12.1 Å². The van der Waals surface area contributed by atoms with Crippen molar-refractivity contribution in [2.75, 3.05) is 13.2 Å². The SMILES string of the molecule is OCCCCOc1cccnc1Br. The van der Waals surface area contributed by atoms with Crippen LogP contribution in [0.25, 0.3) is 0 Å². The third kappa shape index (κ3) is 3.74. The Hall–Kier alpha value is -0.610. The molecule has 0 aliphatic carbocycles. The minimum atomic E-state index is 0.220. The summed E-state index contributed by atoms with van der Waals surface area (Å²) in [5.41, 5.74) is 0. The molecule has 0 aliphatic heterocycles. The lowest BCUT2D eigenvalue weighted by Crippen LogP contribution is -1.99. The van der Waals surface area contributed by atoms with Crippen molar-refractivity contribution in [3.05, 3.63) is 22.9 Å². The van der Waals surface area contributed by atoms with Crippen LogP contribution in [0.4, 0.5) is 0 Å². The number of aliphatic hydroxyl groups is 1. The van der Waals surface area contributed by atoms with E-state index >= 15 is 0 Å². The summed E-state index contributed by atoms with van der Waals surface area (Å²) in [7, 11) is 0. The summed E-state index contributed by atoms with van der Waals surface area (Å²) in [5.74, 6) is 0.750. The fourth-order valence-electron chi connectivity index (χ4n) is 0.875. The van der Waals surface area contributed by atoms with E-state index in [-0.39, 0.29) is 6.61 Å². The zero-order valence-corrected chi connectivity index (χ0v) is 8.83. The summed E-state index contributed by atoms with van der Waals surface area (Å²) in [6, 6.07) is 3.68. The first-order valence-electron chi connectivity index (χ1n) is 4.19. The number of hydrogen-bond donors (Lipinski definition) is 1. The maximum atomic E-state index is 8.54. The first-order chi connectivity index (χ1) is 6.34. The van der Waals surface area contributed by atoms with E-state index in [0.29, 0.717) is 6.61 Å². The van der Waals surface area contributed by atoms with Crippen LogP contribution in [0.3, 0.4) is 0 Å². The molecule has 0 atom stereocenters. The highest BCUT2D eigenvalue weighted by Crippen LogP contribution is 2.20. The number of ether oxygens (including phenoxy) is 1. The van der Waals surface area contributed by atoms with E-state index in [9.17, 15) is 0 Å². The molecule has 13 heavy (non-hydrogen) atoms. The largest absolute Gasteiger partial charge is 0.491 e. The molecule has 1 aromatic heterocycles. The van der Waals surface area contributed by atoms with Gasteiger partial charge in [0.25, 0.3) is 0 Å². The van der Waals surface area contributed by atoms with Crippen LogP contribution in [-0.4, -0.2) is 23.3 Å². The van der Waals surface area contributed by atoms with Gasteiger partial charge in [-0.15, -0.1) is 0 Å². The standard InChI is InChI=1S/C9H12BrNO2/c10-9-8(4-3-5-11-9)13-7-2-1-6-12/h3-5,12H,1-2,6-7H2. The molecule has 1 aromatic rings. The first kappa shape index (κ1) is 10.5. The second-order valence-electron chi connectivity index (χ2n) is 2.57. The number of halogens is 1. The average Bonchev–Trinajstić information content (AvgIpc) is 2.15. The second-order valence-corrected chi connectivity index (χ2v) is 3.32. The van der Waals surface area contributed by atoms with Crippen LogP contribution < -0.4 is 4.74 Å². The predicted molar refractivity (Wildman–Crippen MR) is 53.8 cm³/mol. The van der Waals surface area contributed by atoms with Crippen LogP contribution in [0.5, 0.6) is 5.75 Å². The lowest BCUT2D eigenvalue weighted by molar-refractivity contribution is 0.252. The number of hydrogen-bond acceptors (Lipinski definition) is 3. The molecule has 1 heterocycles. The van der Waals surface area contributed by atoms with Crippen molar-refractivity contribution in [1.29, 1.82) is 0 Å². The highest BCUT2D eigenvalue weighted by molar-refractivity contribution is 9.10. The smallest absolute Gasteiger partial charge is 0.152 e. The van der Waals surface area contributed by atoms with Gasteiger partial charge in [-0.05, 0) is 40.9 Å². The third-order valence-electron chi connectivity index (χ3n) is 1.53. The Bertz CT molecular complexity index is 255. The van der Waals surface area contributed by atoms with Crippen LogP contribution in [0, 0.1) is 0 Å². The van der Waals surface area contributed by atoms with Crippen LogP contribution in [0.1, 0.15) is 12.8 Å². The van der Waals surface area contributed by atoms with Gasteiger partial charge in [-0.1, -0.05) is 0 Å². The summed E-state index contributed by atoms with van der Waals surface area (Å²) < 4.78 is 6.14. The van der Waals surface area contributed by atoms with Crippen LogP contribution in [-0.2, 0) is 0 Å². The number of pyridine rings is 1. The molecule has 3 nitrogen and oxygen atoms in total. The van der Waals surface area contributed by atoms with Crippen LogP contribution >= 0.6 is 15.9 Å². The normalized spacial score (nSPS) is 10.0. The van der Waals surface area contributed by atoms with Crippen molar-refractivity contribution >= 4 is 15.9 Å². The van der Waals surface area contributed by atoms with E-state index < -0.39 is 0 Å². The molecule has 0 amide bonds. The molecule has 1 rings (SSSR count). The number of unbranched alkanes of at least 4 members (excludes halogenated alkanes) is 1. The molecule has 0 saturated carbocycles. The van der Waals surface area contributed by atoms with Gasteiger partial charge in [-0.3, -0.25) is 0 Å². The zero-order chi connectivity index (χ0) is 9.52. The van der Waals surface area contributed by atoms with Gasteiger partial charge < -0.3 is 9.84 Å². The lowest BCUT2D eigenvalue weighted by Gasteiger charge is -2.05. The summed E-state index contributed by atoms with van der Waals surface area (Å²) in [5, 5.41) is 8.54. The van der Waals surface area contributed by atoms with Crippen LogP contribution in [0.15, 0.2) is 22.9 Å². The minimum absolute atomic E-state index is 0.220. The molecule has 0 bridgehead atoms. The van der Waals surface area contributed by atoms with Crippen molar-refractivity contribution < 1.29 is 9.84 Å². The summed E-state index contributed by atoms with van der Waals surface area (Å²) >= 11 is 3.28. The minimum Gasteiger partial charge on any atom is -0.491 e. The van der Waals surface area contributed by atoms with E-state index in [2.05, 4.69) is 20.9 Å². The summed E-state index contributed by atoms with van der Waals surface area (Å²) in [4.78, 5) is 4.02.